The summed E-state index contributed by atoms with van der Waals surface area (Å²) in [4.78, 5) is 0. The van der Waals surface area contributed by atoms with E-state index in [1.807, 2.05) is 28.9 Å². The van der Waals surface area contributed by atoms with Gasteiger partial charge >= 0.3 is 0 Å². The molecule has 2 aromatic rings. The van der Waals surface area contributed by atoms with Crippen molar-refractivity contribution < 1.29 is 9.47 Å². The molecule has 0 atom stereocenters. The number of rotatable bonds is 7. The van der Waals surface area contributed by atoms with Crippen molar-refractivity contribution in [1.82, 2.24) is 15.0 Å². The second kappa shape index (κ2) is 6.79. The molecule has 0 spiro atoms. The zero-order chi connectivity index (χ0) is 14.4. The SMILES string of the molecule is CCCc1c(N)nnn1CCOc1ccc(OC)cc1. The molecule has 1 aromatic heterocycles. The highest BCUT2D eigenvalue weighted by atomic mass is 16.5. The fourth-order valence-corrected chi connectivity index (χ4v) is 1.94. The van der Waals surface area contributed by atoms with E-state index in [-0.39, 0.29) is 0 Å². The van der Waals surface area contributed by atoms with Crippen molar-refractivity contribution in [3.63, 3.8) is 0 Å². The second-order valence-corrected chi connectivity index (χ2v) is 4.42. The molecule has 0 aliphatic heterocycles. The van der Waals surface area contributed by atoms with Gasteiger partial charge in [-0.25, -0.2) is 4.68 Å². The summed E-state index contributed by atoms with van der Waals surface area (Å²) in [6.07, 6.45) is 1.89. The molecule has 0 bridgehead atoms. The van der Waals surface area contributed by atoms with Crippen molar-refractivity contribution in [2.24, 2.45) is 0 Å². The largest absolute Gasteiger partial charge is 0.497 e. The first-order valence-corrected chi connectivity index (χ1v) is 6.69. The molecule has 0 fully saturated rings. The molecule has 20 heavy (non-hydrogen) atoms. The summed E-state index contributed by atoms with van der Waals surface area (Å²) in [5, 5.41) is 7.94. The van der Waals surface area contributed by atoms with Crippen LogP contribution in [0.1, 0.15) is 19.0 Å². The Hall–Kier alpha value is -2.24. The maximum atomic E-state index is 5.79. The summed E-state index contributed by atoms with van der Waals surface area (Å²) in [7, 11) is 1.64. The van der Waals surface area contributed by atoms with Gasteiger partial charge in [0.25, 0.3) is 0 Å². The molecule has 0 radical (unpaired) electrons. The second-order valence-electron chi connectivity index (χ2n) is 4.42. The van der Waals surface area contributed by atoms with Gasteiger partial charge in [0.05, 0.1) is 19.3 Å². The summed E-state index contributed by atoms with van der Waals surface area (Å²) in [5.41, 5.74) is 6.77. The fraction of sp³-hybridized carbons (Fsp3) is 0.429. The topological polar surface area (TPSA) is 75.2 Å². The predicted molar refractivity (Wildman–Crippen MR) is 76.9 cm³/mol. The maximum absolute atomic E-state index is 5.79. The third-order valence-electron chi connectivity index (χ3n) is 2.99. The lowest BCUT2D eigenvalue weighted by molar-refractivity contribution is 0.287. The van der Waals surface area contributed by atoms with Crippen molar-refractivity contribution in [3.05, 3.63) is 30.0 Å². The van der Waals surface area contributed by atoms with E-state index >= 15 is 0 Å². The van der Waals surface area contributed by atoms with Crippen LogP contribution in [0.15, 0.2) is 24.3 Å². The van der Waals surface area contributed by atoms with Crippen LogP contribution in [0.5, 0.6) is 11.5 Å². The standard InChI is InChI=1S/C14H20N4O2/c1-3-4-13-14(15)16-17-18(13)9-10-20-12-7-5-11(19-2)6-8-12/h5-8H,3-4,9-10,15H2,1-2H3. The number of hydrogen-bond donors (Lipinski definition) is 1. The van der Waals surface area contributed by atoms with Crippen LogP contribution in [0.2, 0.25) is 0 Å². The Bertz CT molecular complexity index is 537. The summed E-state index contributed by atoms with van der Waals surface area (Å²) < 4.78 is 12.6. The Morgan fingerprint density at radius 2 is 1.90 bits per heavy atom. The molecule has 0 aliphatic carbocycles. The molecule has 6 nitrogen and oxygen atoms in total. The van der Waals surface area contributed by atoms with E-state index in [1.54, 1.807) is 7.11 Å². The van der Waals surface area contributed by atoms with Crippen LogP contribution in [0.4, 0.5) is 5.82 Å². The van der Waals surface area contributed by atoms with E-state index < -0.39 is 0 Å². The minimum Gasteiger partial charge on any atom is -0.497 e. The van der Waals surface area contributed by atoms with Crippen LogP contribution in [-0.4, -0.2) is 28.7 Å². The number of aromatic nitrogens is 3. The van der Waals surface area contributed by atoms with Crippen LogP contribution < -0.4 is 15.2 Å². The van der Waals surface area contributed by atoms with Crippen molar-refractivity contribution in [2.75, 3.05) is 19.5 Å². The molecule has 2 rings (SSSR count). The first-order chi connectivity index (χ1) is 9.74. The first-order valence-electron chi connectivity index (χ1n) is 6.69. The summed E-state index contributed by atoms with van der Waals surface area (Å²) in [5.74, 6) is 2.12. The highest BCUT2D eigenvalue weighted by Crippen LogP contribution is 2.17. The predicted octanol–water partition coefficient (Wildman–Crippen LogP) is 1.90. The van der Waals surface area contributed by atoms with Gasteiger partial charge < -0.3 is 15.2 Å². The van der Waals surface area contributed by atoms with Gasteiger partial charge in [-0.15, -0.1) is 5.10 Å². The zero-order valence-corrected chi connectivity index (χ0v) is 11.9. The molecule has 0 unspecified atom stereocenters. The van der Waals surface area contributed by atoms with E-state index in [1.165, 1.54) is 0 Å². The number of nitrogens with two attached hydrogens (primary N) is 1. The van der Waals surface area contributed by atoms with Gasteiger partial charge in [0.1, 0.15) is 18.1 Å². The third kappa shape index (κ3) is 3.40. The maximum Gasteiger partial charge on any atom is 0.169 e. The number of benzene rings is 1. The Morgan fingerprint density at radius 3 is 2.55 bits per heavy atom. The monoisotopic (exact) mass is 276 g/mol. The highest BCUT2D eigenvalue weighted by Gasteiger charge is 2.08. The Kier molecular flexibility index (Phi) is 4.81. The molecule has 2 N–H and O–H groups in total. The number of anilines is 1. The van der Waals surface area contributed by atoms with Crippen LogP contribution in [0.3, 0.4) is 0 Å². The molecule has 108 valence electrons. The summed E-state index contributed by atoms with van der Waals surface area (Å²) in [6, 6.07) is 7.49. The highest BCUT2D eigenvalue weighted by molar-refractivity contribution is 5.33. The number of ether oxygens (including phenoxy) is 2. The lowest BCUT2D eigenvalue weighted by atomic mass is 10.2. The van der Waals surface area contributed by atoms with E-state index in [2.05, 4.69) is 17.2 Å². The third-order valence-corrected chi connectivity index (χ3v) is 2.99. The Balaban J connectivity index is 1.89. The van der Waals surface area contributed by atoms with Crippen molar-refractivity contribution >= 4 is 5.82 Å². The van der Waals surface area contributed by atoms with Crippen LogP contribution in [-0.2, 0) is 13.0 Å². The molecular formula is C14H20N4O2. The van der Waals surface area contributed by atoms with E-state index in [9.17, 15) is 0 Å². The van der Waals surface area contributed by atoms with E-state index in [4.69, 9.17) is 15.2 Å². The molecule has 0 amide bonds. The number of methoxy groups -OCH3 is 1. The molecule has 0 saturated heterocycles. The quantitative estimate of drug-likeness (QED) is 0.836. The van der Waals surface area contributed by atoms with Crippen LogP contribution in [0.25, 0.3) is 0 Å². The average Bonchev–Trinajstić information content (AvgIpc) is 2.82. The summed E-state index contributed by atoms with van der Waals surface area (Å²) >= 11 is 0. The molecule has 1 aromatic carbocycles. The van der Waals surface area contributed by atoms with Crippen molar-refractivity contribution in [1.29, 1.82) is 0 Å². The molecule has 0 saturated carbocycles. The van der Waals surface area contributed by atoms with Gasteiger partial charge in [0.2, 0.25) is 0 Å². The molecule has 0 aliphatic rings. The first kappa shape index (κ1) is 14.2. The molecule has 6 heteroatoms. The number of nitrogen functional groups attached to an aromatic ring is 1. The molecular weight excluding hydrogens is 256 g/mol. The zero-order valence-electron chi connectivity index (χ0n) is 11.9. The Morgan fingerprint density at radius 1 is 1.20 bits per heavy atom. The Labute approximate surface area is 118 Å². The molecule has 1 heterocycles. The van der Waals surface area contributed by atoms with Gasteiger partial charge in [-0.2, -0.15) is 0 Å². The lowest BCUT2D eigenvalue weighted by Crippen LogP contribution is -2.12. The lowest BCUT2D eigenvalue weighted by Gasteiger charge is -2.08. The van der Waals surface area contributed by atoms with Crippen molar-refractivity contribution in [3.8, 4) is 11.5 Å². The normalized spacial score (nSPS) is 10.5. The van der Waals surface area contributed by atoms with Gasteiger partial charge in [0, 0.05) is 0 Å². The van der Waals surface area contributed by atoms with E-state index in [0.29, 0.717) is 19.0 Å². The van der Waals surface area contributed by atoms with E-state index in [0.717, 1.165) is 30.0 Å². The minimum atomic E-state index is 0.510. The summed E-state index contributed by atoms with van der Waals surface area (Å²) in [6.45, 7) is 3.25. The smallest absolute Gasteiger partial charge is 0.169 e. The number of nitrogens with zero attached hydrogens (tertiary/aromatic N) is 3. The number of hydrogen-bond acceptors (Lipinski definition) is 5. The average molecular weight is 276 g/mol. The van der Waals surface area contributed by atoms with Crippen LogP contribution >= 0.6 is 0 Å². The van der Waals surface area contributed by atoms with Crippen molar-refractivity contribution in [2.45, 2.75) is 26.3 Å². The fourth-order valence-electron chi connectivity index (χ4n) is 1.94. The van der Waals surface area contributed by atoms with Gasteiger partial charge in [0.15, 0.2) is 5.82 Å². The van der Waals surface area contributed by atoms with Gasteiger partial charge in [-0.1, -0.05) is 18.6 Å². The van der Waals surface area contributed by atoms with Gasteiger partial charge in [-0.3, -0.25) is 0 Å². The van der Waals surface area contributed by atoms with Crippen LogP contribution in [0, 0.1) is 0 Å². The van der Waals surface area contributed by atoms with Gasteiger partial charge in [-0.05, 0) is 30.7 Å². The minimum absolute atomic E-state index is 0.510.